The zero-order valence-electron chi connectivity index (χ0n) is 11.2. The number of hydrogen-bond acceptors (Lipinski definition) is 2. The molecule has 0 bridgehead atoms. The summed E-state index contributed by atoms with van der Waals surface area (Å²) in [5, 5.41) is 4.20. The van der Waals surface area contributed by atoms with Crippen LogP contribution in [0, 0.1) is 13.8 Å². The Morgan fingerprint density at radius 1 is 1.37 bits per heavy atom. The van der Waals surface area contributed by atoms with Crippen LogP contribution in [0.25, 0.3) is 0 Å². The van der Waals surface area contributed by atoms with Gasteiger partial charge < -0.3 is 4.74 Å². The number of nitrogens with zero attached hydrogens (tertiary/aromatic N) is 2. The first-order valence-electron chi connectivity index (χ1n) is 6.05. The first kappa shape index (κ1) is 16.3. The van der Waals surface area contributed by atoms with Crippen molar-refractivity contribution in [1.82, 2.24) is 9.78 Å². The topological polar surface area (TPSA) is 27.1 Å². The van der Waals surface area contributed by atoms with Crippen molar-refractivity contribution in [3.05, 3.63) is 17.0 Å². The summed E-state index contributed by atoms with van der Waals surface area (Å²) in [6, 6.07) is 0. The third kappa shape index (κ3) is 5.03. The van der Waals surface area contributed by atoms with Crippen LogP contribution in [0.15, 0.2) is 0 Å². The molecule has 0 fully saturated rings. The number of hydrogen-bond donors (Lipinski definition) is 0. The Balaban J connectivity index is 2.44. The average molecular weight is 299 g/mol. The van der Waals surface area contributed by atoms with Crippen molar-refractivity contribution in [1.29, 1.82) is 0 Å². The molecule has 0 aliphatic carbocycles. The van der Waals surface area contributed by atoms with Crippen molar-refractivity contribution in [3.63, 3.8) is 0 Å². The van der Waals surface area contributed by atoms with Gasteiger partial charge in [-0.3, -0.25) is 4.68 Å². The van der Waals surface area contributed by atoms with E-state index < -0.39 is 12.8 Å². The van der Waals surface area contributed by atoms with Crippen LogP contribution in [0.2, 0.25) is 0 Å². The molecular weight excluding hydrogens is 281 g/mol. The zero-order chi connectivity index (χ0) is 14.6. The first-order chi connectivity index (χ1) is 8.72. The van der Waals surface area contributed by atoms with E-state index in [0.717, 1.165) is 17.0 Å². The number of aryl methyl sites for hydroxylation is 2. The number of halogens is 4. The molecule has 0 amide bonds. The summed E-state index contributed by atoms with van der Waals surface area (Å²) in [5.41, 5.74) is 2.80. The van der Waals surface area contributed by atoms with Crippen LogP contribution in [0.5, 0.6) is 0 Å². The first-order valence-corrected chi connectivity index (χ1v) is 6.48. The van der Waals surface area contributed by atoms with Gasteiger partial charge in [0.1, 0.15) is 6.61 Å². The van der Waals surface area contributed by atoms with Gasteiger partial charge in [0, 0.05) is 24.4 Å². The molecule has 1 aromatic heterocycles. The number of ether oxygens (including phenoxy) is 1. The summed E-state index contributed by atoms with van der Waals surface area (Å²) < 4.78 is 41.9. The predicted octanol–water partition coefficient (Wildman–Crippen LogP) is 3.77. The summed E-state index contributed by atoms with van der Waals surface area (Å²) in [5.74, 6) is 0. The summed E-state index contributed by atoms with van der Waals surface area (Å²) in [7, 11) is 0. The molecule has 0 aliphatic rings. The lowest BCUT2D eigenvalue weighted by atomic mass is 10.1. The highest BCUT2D eigenvalue weighted by Gasteiger charge is 2.27. The molecule has 3 nitrogen and oxygen atoms in total. The zero-order valence-corrected chi connectivity index (χ0v) is 12.0. The van der Waals surface area contributed by atoms with Gasteiger partial charge in [-0.1, -0.05) is 0 Å². The van der Waals surface area contributed by atoms with Crippen LogP contribution in [0.4, 0.5) is 13.2 Å². The van der Waals surface area contributed by atoms with Gasteiger partial charge in [0.05, 0.1) is 11.1 Å². The van der Waals surface area contributed by atoms with E-state index in [4.69, 9.17) is 11.6 Å². The van der Waals surface area contributed by atoms with E-state index in [2.05, 4.69) is 9.84 Å². The molecule has 0 saturated carbocycles. The normalized spacial score (nSPS) is 13.8. The fraction of sp³-hybridized carbons (Fsp3) is 0.750. The third-order valence-electron chi connectivity index (χ3n) is 2.76. The molecule has 0 N–H and O–H groups in total. The lowest BCUT2D eigenvalue weighted by Gasteiger charge is -2.09. The minimum Gasteiger partial charge on any atom is -0.372 e. The molecule has 0 radical (unpaired) electrons. The lowest BCUT2D eigenvalue weighted by molar-refractivity contribution is -0.174. The summed E-state index contributed by atoms with van der Waals surface area (Å²) >= 11 is 6.06. The van der Waals surface area contributed by atoms with Gasteiger partial charge in [-0.2, -0.15) is 18.3 Å². The Morgan fingerprint density at radius 2 is 2.00 bits per heavy atom. The molecule has 1 atom stereocenters. The van der Waals surface area contributed by atoms with Crippen molar-refractivity contribution in [3.8, 4) is 0 Å². The van der Waals surface area contributed by atoms with Crippen LogP contribution >= 0.6 is 11.6 Å². The summed E-state index contributed by atoms with van der Waals surface area (Å²) in [4.78, 5) is 0. The van der Waals surface area contributed by atoms with Crippen LogP contribution < -0.4 is 0 Å². The van der Waals surface area contributed by atoms with Gasteiger partial charge in [0.2, 0.25) is 0 Å². The van der Waals surface area contributed by atoms with Crippen LogP contribution in [-0.2, 0) is 11.3 Å². The Bertz CT molecular complexity index is 416. The third-order valence-corrected chi connectivity index (χ3v) is 2.98. The molecule has 1 unspecified atom stereocenters. The number of rotatable bonds is 6. The maximum Gasteiger partial charge on any atom is 0.411 e. The largest absolute Gasteiger partial charge is 0.411 e. The van der Waals surface area contributed by atoms with E-state index in [0.29, 0.717) is 13.0 Å². The van der Waals surface area contributed by atoms with E-state index in [1.807, 2.05) is 20.8 Å². The van der Waals surface area contributed by atoms with E-state index in [-0.39, 0.29) is 12.0 Å². The quantitative estimate of drug-likeness (QED) is 0.590. The monoisotopic (exact) mass is 298 g/mol. The molecule has 0 saturated heterocycles. The van der Waals surface area contributed by atoms with Gasteiger partial charge in [0.15, 0.2) is 0 Å². The highest BCUT2D eigenvalue weighted by atomic mass is 35.5. The Kier molecular flexibility index (Phi) is 5.67. The second kappa shape index (κ2) is 6.61. The van der Waals surface area contributed by atoms with Gasteiger partial charge in [-0.15, -0.1) is 11.6 Å². The van der Waals surface area contributed by atoms with E-state index in [9.17, 15) is 13.2 Å². The number of aromatic nitrogens is 2. The standard InChI is InChI=1S/C12H18ClF3N2O/c1-8(13)11-9(2)17-18(10(11)3)5-4-6-19-7-12(14,15)16/h8H,4-7H2,1-3H3. The second-order valence-corrected chi connectivity index (χ2v) is 5.10. The Labute approximate surface area is 115 Å². The molecule has 7 heteroatoms. The number of alkyl halides is 4. The van der Waals surface area contributed by atoms with Gasteiger partial charge >= 0.3 is 6.18 Å². The summed E-state index contributed by atoms with van der Waals surface area (Å²) in [6.07, 6.45) is -3.78. The summed E-state index contributed by atoms with van der Waals surface area (Å²) in [6.45, 7) is 5.03. The van der Waals surface area contributed by atoms with Crippen LogP contribution in [0.1, 0.15) is 35.7 Å². The molecule has 0 spiro atoms. The highest BCUT2D eigenvalue weighted by molar-refractivity contribution is 6.20. The minimum absolute atomic E-state index is 0.0591. The van der Waals surface area contributed by atoms with Crippen molar-refractivity contribution in [2.24, 2.45) is 0 Å². The van der Waals surface area contributed by atoms with E-state index >= 15 is 0 Å². The van der Waals surface area contributed by atoms with Crippen molar-refractivity contribution in [2.75, 3.05) is 13.2 Å². The Hall–Kier alpha value is -0.750. The molecular formula is C12H18ClF3N2O. The van der Waals surface area contributed by atoms with Crippen molar-refractivity contribution in [2.45, 2.75) is 45.3 Å². The predicted molar refractivity (Wildman–Crippen MR) is 67.5 cm³/mol. The maximum absolute atomic E-state index is 11.9. The molecule has 0 aromatic carbocycles. The van der Waals surface area contributed by atoms with Crippen molar-refractivity contribution >= 4 is 11.6 Å². The molecule has 110 valence electrons. The second-order valence-electron chi connectivity index (χ2n) is 4.44. The van der Waals surface area contributed by atoms with Crippen LogP contribution in [0.3, 0.4) is 0 Å². The fourth-order valence-electron chi connectivity index (χ4n) is 2.01. The maximum atomic E-state index is 11.9. The molecule has 1 aromatic rings. The van der Waals surface area contributed by atoms with Gasteiger partial charge in [-0.25, -0.2) is 0 Å². The average Bonchev–Trinajstić information content (AvgIpc) is 2.51. The van der Waals surface area contributed by atoms with Gasteiger partial charge in [-0.05, 0) is 27.2 Å². The van der Waals surface area contributed by atoms with Gasteiger partial charge in [0.25, 0.3) is 0 Å². The van der Waals surface area contributed by atoms with E-state index in [1.165, 1.54) is 0 Å². The van der Waals surface area contributed by atoms with E-state index in [1.54, 1.807) is 4.68 Å². The molecule has 19 heavy (non-hydrogen) atoms. The lowest BCUT2D eigenvalue weighted by Crippen LogP contribution is -2.18. The minimum atomic E-state index is -4.26. The highest BCUT2D eigenvalue weighted by Crippen LogP contribution is 2.26. The Morgan fingerprint density at radius 3 is 2.47 bits per heavy atom. The SMILES string of the molecule is Cc1nn(CCCOCC(F)(F)F)c(C)c1C(C)Cl. The van der Waals surface area contributed by atoms with Crippen LogP contribution in [-0.4, -0.2) is 29.2 Å². The van der Waals surface area contributed by atoms with Crippen molar-refractivity contribution < 1.29 is 17.9 Å². The smallest absolute Gasteiger partial charge is 0.372 e. The molecule has 1 rings (SSSR count). The molecule has 1 heterocycles. The molecule has 0 aliphatic heterocycles. The fourth-order valence-corrected chi connectivity index (χ4v) is 2.32.